The van der Waals surface area contributed by atoms with E-state index in [0.717, 1.165) is 12.0 Å². The summed E-state index contributed by atoms with van der Waals surface area (Å²) in [5.74, 6) is -0.0447. The van der Waals surface area contributed by atoms with Crippen LogP contribution in [0.5, 0.6) is 0 Å². The van der Waals surface area contributed by atoms with Crippen LogP contribution in [0.1, 0.15) is 18.9 Å². The molecule has 1 saturated heterocycles. The van der Waals surface area contributed by atoms with Gasteiger partial charge in [-0.1, -0.05) is 23.7 Å². The van der Waals surface area contributed by atoms with E-state index in [1.54, 1.807) is 6.07 Å². The van der Waals surface area contributed by atoms with Crippen LogP contribution >= 0.6 is 11.6 Å². The molecule has 0 radical (unpaired) electrons. The van der Waals surface area contributed by atoms with E-state index < -0.39 is 0 Å². The molecule has 1 aromatic rings. The van der Waals surface area contributed by atoms with Gasteiger partial charge < -0.3 is 10.5 Å². The second-order valence-corrected chi connectivity index (χ2v) is 5.10. The summed E-state index contributed by atoms with van der Waals surface area (Å²) in [5, 5.41) is 0.190. The number of benzene rings is 1. The van der Waals surface area contributed by atoms with Gasteiger partial charge in [0.1, 0.15) is 5.82 Å². The molecule has 0 aromatic heterocycles. The first-order chi connectivity index (χ1) is 8.08. The molecule has 3 unspecified atom stereocenters. The molecule has 0 bridgehead atoms. The summed E-state index contributed by atoms with van der Waals surface area (Å²) in [6, 6.07) is 4.82. The summed E-state index contributed by atoms with van der Waals surface area (Å²) < 4.78 is 18.8. The Labute approximate surface area is 106 Å². The van der Waals surface area contributed by atoms with Crippen LogP contribution in [-0.4, -0.2) is 18.8 Å². The van der Waals surface area contributed by atoms with Gasteiger partial charge in [0, 0.05) is 12.0 Å². The minimum absolute atomic E-state index is 0.0285. The summed E-state index contributed by atoms with van der Waals surface area (Å²) in [7, 11) is 0. The van der Waals surface area contributed by atoms with Gasteiger partial charge in [-0.05, 0) is 31.4 Å². The van der Waals surface area contributed by atoms with Crippen LogP contribution in [0.3, 0.4) is 0 Å². The van der Waals surface area contributed by atoms with Crippen molar-refractivity contribution in [1.29, 1.82) is 0 Å². The molecule has 2 N–H and O–H groups in total. The monoisotopic (exact) mass is 257 g/mol. The lowest BCUT2D eigenvalue weighted by Crippen LogP contribution is -2.32. The molecule has 0 amide bonds. The Morgan fingerprint density at radius 2 is 2.35 bits per heavy atom. The zero-order chi connectivity index (χ0) is 12.4. The Kier molecular flexibility index (Phi) is 4.02. The molecular formula is C13H17ClFNO. The Balaban J connectivity index is 2.03. The number of ether oxygens (including phenoxy) is 1. The SMILES string of the molecule is CC1CC(C(N)Cc2cccc(F)c2Cl)CO1. The quantitative estimate of drug-likeness (QED) is 0.904. The van der Waals surface area contributed by atoms with Gasteiger partial charge in [0.25, 0.3) is 0 Å². The van der Waals surface area contributed by atoms with E-state index in [4.69, 9.17) is 22.1 Å². The average Bonchev–Trinajstić information content (AvgIpc) is 2.72. The normalized spacial score (nSPS) is 26.1. The summed E-state index contributed by atoms with van der Waals surface area (Å²) in [6.07, 6.45) is 1.83. The van der Waals surface area contributed by atoms with E-state index in [2.05, 4.69) is 0 Å². The van der Waals surface area contributed by atoms with Crippen LogP contribution in [0.2, 0.25) is 5.02 Å². The second kappa shape index (κ2) is 5.34. The molecule has 2 nitrogen and oxygen atoms in total. The number of hydrogen-bond acceptors (Lipinski definition) is 2. The van der Waals surface area contributed by atoms with Gasteiger partial charge in [-0.3, -0.25) is 0 Å². The molecule has 1 heterocycles. The molecule has 1 aliphatic rings. The summed E-state index contributed by atoms with van der Waals surface area (Å²) >= 11 is 5.91. The first-order valence-electron chi connectivity index (χ1n) is 5.88. The standard InChI is InChI=1S/C13H17ClFNO/c1-8-5-10(7-17-8)12(16)6-9-3-2-4-11(15)13(9)14/h2-4,8,10,12H,5-7,16H2,1H3. The lowest BCUT2D eigenvalue weighted by atomic mass is 9.92. The third kappa shape index (κ3) is 2.97. The molecule has 0 spiro atoms. The average molecular weight is 258 g/mol. The van der Waals surface area contributed by atoms with Crippen molar-refractivity contribution in [2.24, 2.45) is 11.7 Å². The molecule has 1 aliphatic heterocycles. The summed E-state index contributed by atoms with van der Waals surface area (Å²) in [6.45, 7) is 2.73. The van der Waals surface area contributed by atoms with E-state index in [9.17, 15) is 4.39 Å². The maximum Gasteiger partial charge on any atom is 0.142 e. The number of rotatable bonds is 3. The largest absolute Gasteiger partial charge is 0.378 e. The molecule has 2 rings (SSSR count). The first kappa shape index (κ1) is 12.8. The molecule has 1 aromatic carbocycles. The van der Waals surface area contributed by atoms with Gasteiger partial charge in [0.15, 0.2) is 0 Å². The Morgan fingerprint density at radius 3 is 3.00 bits per heavy atom. The highest BCUT2D eigenvalue weighted by atomic mass is 35.5. The van der Waals surface area contributed by atoms with Gasteiger partial charge in [-0.25, -0.2) is 4.39 Å². The highest BCUT2D eigenvalue weighted by Crippen LogP contribution is 2.26. The predicted molar refractivity (Wildman–Crippen MR) is 66.6 cm³/mol. The predicted octanol–water partition coefficient (Wildman–Crippen LogP) is 2.77. The Hall–Kier alpha value is -0.640. The zero-order valence-electron chi connectivity index (χ0n) is 9.83. The first-order valence-corrected chi connectivity index (χ1v) is 6.25. The Morgan fingerprint density at radius 1 is 1.59 bits per heavy atom. The van der Waals surface area contributed by atoms with Crippen molar-refractivity contribution in [3.05, 3.63) is 34.6 Å². The van der Waals surface area contributed by atoms with Gasteiger partial charge in [0.05, 0.1) is 17.7 Å². The van der Waals surface area contributed by atoms with E-state index in [-0.39, 0.29) is 23.0 Å². The van der Waals surface area contributed by atoms with Crippen molar-refractivity contribution < 1.29 is 9.13 Å². The second-order valence-electron chi connectivity index (χ2n) is 4.72. The third-order valence-electron chi connectivity index (χ3n) is 3.32. The molecule has 0 saturated carbocycles. The van der Waals surface area contributed by atoms with E-state index in [1.165, 1.54) is 6.07 Å². The van der Waals surface area contributed by atoms with Crippen LogP contribution in [0.15, 0.2) is 18.2 Å². The maximum atomic E-state index is 13.3. The third-order valence-corrected chi connectivity index (χ3v) is 3.75. The highest BCUT2D eigenvalue weighted by molar-refractivity contribution is 6.31. The lowest BCUT2D eigenvalue weighted by molar-refractivity contribution is 0.118. The summed E-state index contributed by atoms with van der Waals surface area (Å²) in [4.78, 5) is 0. The van der Waals surface area contributed by atoms with Crippen LogP contribution in [0.4, 0.5) is 4.39 Å². The van der Waals surface area contributed by atoms with E-state index in [1.807, 2.05) is 13.0 Å². The van der Waals surface area contributed by atoms with Gasteiger partial charge in [-0.2, -0.15) is 0 Å². The lowest BCUT2D eigenvalue weighted by Gasteiger charge is -2.18. The van der Waals surface area contributed by atoms with Crippen LogP contribution in [0.25, 0.3) is 0 Å². The smallest absolute Gasteiger partial charge is 0.142 e. The van der Waals surface area contributed by atoms with Crippen molar-refractivity contribution in [2.45, 2.75) is 31.9 Å². The summed E-state index contributed by atoms with van der Waals surface area (Å²) in [5.41, 5.74) is 6.91. The van der Waals surface area contributed by atoms with Crippen LogP contribution in [-0.2, 0) is 11.2 Å². The fraction of sp³-hybridized carbons (Fsp3) is 0.538. The van der Waals surface area contributed by atoms with Crippen LogP contribution in [0, 0.1) is 11.7 Å². The number of halogens is 2. The maximum absolute atomic E-state index is 13.3. The fourth-order valence-corrected chi connectivity index (χ4v) is 2.48. The Bertz CT molecular complexity index is 399. The minimum atomic E-state index is -0.382. The van der Waals surface area contributed by atoms with Gasteiger partial charge >= 0.3 is 0 Å². The molecule has 0 aliphatic carbocycles. The molecule has 3 atom stereocenters. The molecular weight excluding hydrogens is 241 g/mol. The van der Waals surface area contributed by atoms with Crippen molar-refractivity contribution in [2.75, 3.05) is 6.61 Å². The number of hydrogen-bond donors (Lipinski definition) is 1. The molecule has 17 heavy (non-hydrogen) atoms. The van der Waals surface area contributed by atoms with Crippen molar-refractivity contribution in [1.82, 2.24) is 0 Å². The highest BCUT2D eigenvalue weighted by Gasteiger charge is 2.27. The zero-order valence-corrected chi connectivity index (χ0v) is 10.6. The topological polar surface area (TPSA) is 35.2 Å². The van der Waals surface area contributed by atoms with Gasteiger partial charge in [0.2, 0.25) is 0 Å². The van der Waals surface area contributed by atoms with E-state index >= 15 is 0 Å². The van der Waals surface area contributed by atoms with Crippen molar-refractivity contribution in [3.8, 4) is 0 Å². The van der Waals surface area contributed by atoms with Crippen molar-refractivity contribution >= 4 is 11.6 Å². The van der Waals surface area contributed by atoms with Gasteiger partial charge in [-0.15, -0.1) is 0 Å². The fourth-order valence-electron chi connectivity index (χ4n) is 2.28. The molecule has 4 heteroatoms. The van der Waals surface area contributed by atoms with Crippen LogP contribution < -0.4 is 5.73 Å². The molecule has 1 fully saturated rings. The van der Waals surface area contributed by atoms with Crippen molar-refractivity contribution in [3.63, 3.8) is 0 Å². The molecule has 94 valence electrons. The van der Waals surface area contributed by atoms with E-state index in [0.29, 0.717) is 18.9 Å². The number of nitrogens with two attached hydrogens (primary N) is 1. The minimum Gasteiger partial charge on any atom is -0.378 e.